The zero-order valence-electron chi connectivity index (χ0n) is 10.1. The van der Waals surface area contributed by atoms with Crippen molar-refractivity contribution in [1.29, 1.82) is 0 Å². The standard InChI is InChI=1S/C13H15BrIOSi/c1-17(2,3)13-9-8-12(16-13)15-11-6-4-10(14)5-7-11/h4-9H,1-3H3/q+1. The van der Waals surface area contributed by atoms with Crippen LogP contribution in [0.5, 0.6) is 0 Å². The molecule has 0 N–H and O–H groups in total. The minimum atomic E-state index is -1.30. The molecule has 0 saturated carbocycles. The molecule has 2 rings (SSSR count). The Balaban J connectivity index is 2.14. The summed E-state index contributed by atoms with van der Waals surface area (Å²) in [7, 11) is -1.30. The maximum Gasteiger partial charge on any atom is 0.400 e. The molecule has 4 heteroatoms. The van der Waals surface area contributed by atoms with Crippen LogP contribution in [0, 0.1) is 7.34 Å². The Hall–Kier alpha value is -0.0731. The van der Waals surface area contributed by atoms with E-state index in [4.69, 9.17) is 4.42 Å². The molecule has 1 aromatic carbocycles. The molecule has 0 bridgehead atoms. The van der Waals surface area contributed by atoms with Crippen molar-refractivity contribution in [3.05, 3.63) is 48.2 Å². The van der Waals surface area contributed by atoms with Crippen LogP contribution in [0.15, 0.2) is 45.3 Å². The monoisotopic (exact) mass is 421 g/mol. The second kappa shape index (κ2) is 5.28. The predicted octanol–water partition coefficient (Wildman–Crippen LogP) is 0.716. The SMILES string of the molecule is C[Si](C)(C)c1ccc([I+]c2ccc(Br)cc2)o1. The van der Waals surface area contributed by atoms with Crippen LogP contribution in [-0.4, -0.2) is 8.07 Å². The molecule has 17 heavy (non-hydrogen) atoms. The predicted molar refractivity (Wildman–Crippen MR) is 73.2 cm³/mol. The number of benzene rings is 1. The Bertz CT molecular complexity index is 499. The van der Waals surface area contributed by atoms with Gasteiger partial charge in [-0.15, -0.1) is 0 Å². The summed E-state index contributed by atoms with van der Waals surface area (Å²) in [5.74, 6) is 0. The van der Waals surface area contributed by atoms with Crippen LogP contribution >= 0.6 is 15.9 Å². The molecule has 0 spiro atoms. The molecule has 0 atom stereocenters. The van der Waals surface area contributed by atoms with Gasteiger partial charge in [-0.2, -0.15) is 0 Å². The molecular weight excluding hydrogens is 407 g/mol. The molecule has 0 aliphatic carbocycles. The fraction of sp³-hybridized carbons (Fsp3) is 0.231. The van der Waals surface area contributed by atoms with E-state index in [9.17, 15) is 0 Å². The first-order valence-corrected chi connectivity index (χ1v) is 11.9. The van der Waals surface area contributed by atoms with Gasteiger partial charge in [0, 0.05) is 10.5 Å². The van der Waals surface area contributed by atoms with Gasteiger partial charge >= 0.3 is 25.0 Å². The first kappa shape index (κ1) is 13.4. The van der Waals surface area contributed by atoms with Gasteiger partial charge in [0.05, 0.1) is 5.38 Å². The van der Waals surface area contributed by atoms with Crippen LogP contribution < -0.4 is 26.6 Å². The summed E-state index contributed by atoms with van der Waals surface area (Å²) in [6.45, 7) is 6.94. The maximum absolute atomic E-state index is 5.98. The highest BCUT2D eigenvalue weighted by molar-refractivity contribution is 9.10. The third-order valence-electron chi connectivity index (χ3n) is 2.32. The molecule has 0 radical (unpaired) electrons. The van der Waals surface area contributed by atoms with Gasteiger partial charge in [-0.1, -0.05) is 35.6 Å². The van der Waals surface area contributed by atoms with Crippen molar-refractivity contribution < 1.29 is 25.6 Å². The number of furan rings is 1. The van der Waals surface area contributed by atoms with Gasteiger partial charge in [0.15, 0.2) is 3.57 Å². The molecule has 0 fully saturated rings. The minimum absolute atomic E-state index is 0.177. The maximum atomic E-state index is 5.98. The molecule has 90 valence electrons. The van der Waals surface area contributed by atoms with Crippen molar-refractivity contribution in [2.75, 3.05) is 0 Å². The highest BCUT2D eigenvalue weighted by Crippen LogP contribution is 2.06. The third kappa shape index (κ3) is 3.69. The lowest BCUT2D eigenvalue weighted by molar-refractivity contribution is -0.617. The largest absolute Gasteiger partial charge is 0.429 e. The van der Waals surface area contributed by atoms with E-state index < -0.39 is 8.07 Å². The van der Waals surface area contributed by atoms with Crippen LogP contribution in [0.3, 0.4) is 0 Å². The van der Waals surface area contributed by atoms with E-state index in [-0.39, 0.29) is 21.2 Å². The molecule has 0 aliphatic heterocycles. The summed E-state index contributed by atoms with van der Waals surface area (Å²) in [6, 6.07) is 12.9. The van der Waals surface area contributed by atoms with E-state index in [2.05, 4.69) is 72.0 Å². The Morgan fingerprint density at radius 1 is 1.00 bits per heavy atom. The summed E-state index contributed by atoms with van der Waals surface area (Å²) >= 11 is 3.28. The molecular formula is C13H15BrIOSi+. The van der Waals surface area contributed by atoms with Gasteiger partial charge < -0.3 is 4.42 Å². The number of halogens is 2. The van der Waals surface area contributed by atoms with Crippen molar-refractivity contribution in [3.63, 3.8) is 0 Å². The second-order valence-corrected chi connectivity index (χ2v) is 13.6. The average Bonchev–Trinajstić information content (AvgIpc) is 2.69. The first-order chi connectivity index (χ1) is 7.95. The van der Waals surface area contributed by atoms with Crippen molar-refractivity contribution >= 4 is 29.4 Å². The highest BCUT2D eigenvalue weighted by Gasteiger charge is 2.26. The third-order valence-corrected chi connectivity index (χ3v) is 7.05. The summed E-state index contributed by atoms with van der Waals surface area (Å²) in [5, 5.41) is 1.21. The van der Waals surface area contributed by atoms with Crippen LogP contribution in [0.4, 0.5) is 0 Å². The fourth-order valence-corrected chi connectivity index (χ4v) is 4.88. The lowest BCUT2D eigenvalue weighted by atomic mass is 10.4. The van der Waals surface area contributed by atoms with E-state index in [1.807, 2.05) is 0 Å². The lowest BCUT2D eigenvalue weighted by Gasteiger charge is -2.09. The lowest BCUT2D eigenvalue weighted by Crippen LogP contribution is -3.61. The minimum Gasteiger partial charge on any atom is -0.429 e. The van der Waals surface area contributed by atoms with E-state index in [1.165, 1.54) is 12.7 Å². The van der Waals surface area contributed by atoms with Crippen molar-refractivity contribution in [1.82, 2.24) is 0 Å². The molecule has 1 heterocycles. The van der Waals surface area contributed by atoms with Gasteiger partial charge in [0.2, 0.25) is 0 Å². The smallest absolute Gasteiger partial charge is 0.400 e. The van der Waals surface area contributed by atoms with E-state index in [1.54, 1.807) is 0 Å². The number of hydrogen-bond donors (Lipinski definition) is 0. The quantitative estimate of drug-likeness (QED) is 0.525. The normalized spacial score (nSPS) is 11.8. The highest BCUT2D eigenvalue weighted by atomic mass is 127. The molecule has 1 aromatic heterocycles. The molecule has 0 amide bonds. The summed E-state index contributed by atoms with van der Waals surface area (Å²) in [5.41, 5.74) is 0. The second-order valence-electron chi connectivity index (χ2n) is 4.88. The number of rotatable bonds is 3. The topological polar surface area (TPSA) is 13.1 Å². The first-order valence-electron chi connectivity index (χ1n) is 5.46. The van der Waals surface area contributed by atoms with Gasteiger partial charge in [-0.25, -0.2) is 0 Å². The van der Waals surface area contributed by atoms with E-state index >= 15 is 0 Å². The van der Waals surface area contributed by atoms with Crippen LogP contribution in [0.1, 0.15) is 0 Å². The van der Waals surface area contributed by atoms with E-state index in [0.717, 1.165) is 4.47 Å². The van der Waals surface area contributed by atoms with Crippen LogP contribution in [0.2, 0.25) is 19.6 Å². The van der Waals surface area contributed by atoms with Gasteiger partial charge in [-0.05, 0) is 30.3 Å². The Morgan fingerprint density at radius 3 is 2.18 bits per heavy atom. The molecule has 0 unspecified atom stereocenters. The average molecular weight is 422 g/mol. The van der Waals surface area contributed by atoms with Crippen LogP contribution in [-0.2, 0) is 0 Å². The van der Waals surface area contributed by atoms with Gasteiger partial charge in [-0.3, -0.25) is 0 Å². The Kier molecular flexibility index (Phi) is 4.15. The van der Waals surface area contributed by atoms with Crippen molar-refractivity contribution in [3.8, 4) is 0 Å². The summed E-state index contributed by atoms with van der Waals surface area (Å²) in [6.07, 6.45) is 0. The van der Waals surface area contributed by atoms with E-state index in [0.29, 0.717) is 0 Å². The molecule has 0 aliphatic rings. The Morgan fingerprint density at radius 2 is 1.65 bits per heavy atom. The van der Waals surface area contributed by atoms with Crippen molar-refractivity contribution in [2.24, 2.45) is 0 Å². The van der Waals surface area contributed by atoms with Gasteiger partial charge in [0.1, 0.15) is 8.07 Å². The van der Waals surface area contributed by atoms with Gasteiger partial charge in [0.25, 0.3) is 0 Å². The van der Waals surface area contributed by atoms with Crippen molar-refractivity contribution in [2.45, 2.75) is 19.6 Å². The number of hydrogen-bond acceptors (Lipinski definition) is 1. The fourth-order valence-electron chi connectivity index (χ4n) is 1.37. The zero-order chi connectivity index (χ0) is 12.5. The molecule has 0 saturated heterocycles. The molecule has 2 aromatic rings. The molecule has 1 nitrogen and oxygen atoms in total. The van der Waals surface area contributed by atoms with Crippen LogP contribution in [0.25, 0.3) is 0 Å². The Labute approximate surface area is 122 Å². The summed E-state index contributed by atoms with van der Waals surface area (Å²) in [4.78, 5) is 0. The summed E-state index contributed by atoms with van der Waals surface area (Å²) < 4.78 is 9.68. The zero-order valence-corrected chi connectivity index (χ0v) is 14.9.